The van der Waals surface area contributed by atoms with Gasteiger partial charge in [-0.15, -0.1) is 0 Å². The molecule has 104 valence electrons. The van der Waals surface area contributed by atoms with Crippen molar-refractivity contribution in [2.24, 2.45) is 5.73 Å². The van der Waals surface area contributed by atoms with E-state index in [-0.39, 0.29) is 0 Å². The van der Waals surface area contributed by atoms with E-state index in [0.717, 1.165) is 16.8 Å². The highest BCUT2D eigenvalue weighted by Crippen LogP contribution is 2.26. The molecule has 6 heteroatoms. The van der Waals surface area contributed by atoms with Gasteiger partial charge in [-0.1, -0.05) is 35.3 Å². The summed E-state index contributed by atoms with van der Waals surface area (Å²) in [5.74, 6) is -0.440. The van der Waals surface area contributed by atoms with Crippen LogP contribution in [0.1, 0.15) is 21.5 Å². The van der Waals surface area contributed by atoms with Crippen LogP contribution in [0.2, 0.25) is 10.3 Å². The van der Waals surface area contributed by atoms with Gasteiger partial charge in [-0.2, -0.15) is 0 Å². The molecule has 0 aliphatic heterocycles. The number of rotatable bonds is 4. The Labute approximate surface area is 126 Å². The van der Waals surface area contributed by atoms with Crippen LogP contribution in [0.25, 0.3) is 0 Å². The van der Waals surface area contributed by atoms with E-state index in [9.17, 15) is 4.79 Å². The Morgan fingerprint density at radius 1 is 1.30 bits per heavy atom. The van der Waals surface area contributed by atoms with E-state index >= 15 is 0 Å². The van der Waals surface area contributed by atoms with Crippen LogP contribution in [-0.2, 0) is 6.54 Å². The number of carbonyl (C=O) groups excluding carboxylic acids is 1. The molecule has 1 aromatic carbocycles. The first kappa shape index (κ1) is 14.6. The van der Waals surface area contributed by atoms with E-state index in [1.54, 1.807) is 18.2 Å². The standard InChI is InChI=1S/C14H13Cl2N3O/c1-8-6-11(15)19-13(16)12(8)18-7-9-2-4-10(5-3-9)14(17)20/h2-6,18H,7H2,1H3,(H2,17,20). The van der Waals surface area contributed by atoms with Crippen molar-refractivity contribution < 1.29 is 4.79 Å². The number of anilines is 1. The van der Waals surface area contributed by atoms with Crippen LogP contribution >= 0.6 is 23.2 Å². The lowest BCUT2D eigenvalue weighted by molar-refractivity contribution is 0.100. The largest absolute Gasteiger partial charge is 0.378 e. The van der Waals surface area contributed by atoms with Gasteiger partial charge in [-0.3, -0.25) is 4.79 Å². The molecule has 1 heterocycles. The molecule has 2 rings (SSSR count). The van der Waals surface area contributed by atoms with Crippen LogP contribution in [0.5, 0.6) is 0 Å². The third kappa shape index (κ3) is 3.40. The predicted molar refractivity (Wildman–Crippen MR) is 81.3 cm³/mol. The van der Waals surface area contributed by atoms with Gasteiger partial charge in [-0.05, 0) is 36.2 Å². The number of primary amides is 1. The number of nitrogens with zero attached hydrogens (tertiary/aromatic N) is 1. The van der Waals surface area contributed by atoms with Crippen molar-refractivity contribution in [3.05, 3.63) is 57.3 Å². The molecule has 0 saturated carbocycles. The van der Waals surface area contributed by atoms with E-state index in [2.05, 4.69) is 10.3 Å². The fourth-order valence-corrected chi connectivity index (χ4v) is 2.38. The summed E-state index contributed by atoms with van der Waals surface area (Å²) < 4.78 is 0. The number of halogens is 2. The number of hydrogen-bond acceptors (Lipinski definition) is 3. The molecule has 4 nitrogen and oxygen atoms in total. The maximum atomic E-state index is 11.0. The summed E-state index contributed by atoms with van der Waals surface area (Å²) in [5, 5.41) is 3.91. The second-order valence-corrected chi connectivity index (χ2v) is 5.09. The first-order valence-electron chi connectivity index (χ1n) is 5.92. The van der Waals surface area contributed by atoms with Crippen molar-refractivity contribution in [2.45, 2.75) is 13.5 Å². The Morgan fingerprint density at radius 3 is 2.50 bits per heavy atom. The SMILES string of the molecule is Cc1cc(Cl)nc(Cl)c1NCc1ccc(C(N)=O)cc1. The Bertz CT molecular complexity index is 618. The molecule has 1 aromatic heterocycles. The van der Waals surface area contributed by atoms with Gasteiger partial charge in [0.2, 0.25) is 5.91 Å². The quantitative estimate of drug-likeness (QED) is 0.850. The van der Waals surface area contributed by atoms with Gasteiger partial charge < -0.3 is 11.1 Å². The second kappa shape index (κ2) is 6.11. The van der Waals surface area contributed by atoms with Crippen LogP contribution < -0.4 is 11.1 Å². The van der Waals surface area contributed by atoms with Crippen LogP contribution in [0.15, 0.2) is 30.3 Å². The van der Waals surface area contributed by atoms with Crippen LogP contribution in [0.3, 0.4) is 0 Å². The molecule has 20 heavy (non-hydrogen) atoms. The average Bonchev–Trinajstić information content (AvgIpc) is 2.38. The number of aryl methyl sites for hydroxylation is 1. The highest BCUT2D eigenvalue weighted by Gasteiger charge is 2.07. The molecular formula is C14H13Cl2N3O. The fraction of sp³-hybridized carbons (Fsp3) is 0.143. The highest BCUT2D eigenvalue weighted by molar-refractivity contribution is 6.34. The first-order valence-corrected chi connectivity index (χ1v) is 6.68. The van der Waals surface area contributed by atoms with Gasteiger partial charge >= 0.3 is 0 Å². The maximum absolute atomic E-state index is 11.0. The number of hydrogen-bond donors (Lipinski definition) is 2. The summed E-state index contributed by atoms with van der Waals surface area (Å²) in [7, 11) is 0. The Kier molecular flexibility index (Phi) is 4.47. The van der Waals surface area contributed by atoms with Crippen molar-refractivity contribution in [3.63, 3.8) is 0 Å². The number of pyridine rings is 1. The molecule has 0 aliphatic carbocycles. The molecule has 0 atom stereocenters. The fourth-order valence-electron chi connectivity index (χ4n) is 1.79. The summed E-state index contributed by atoms with van der Waals surface area (Å²) in [4.78, 5) is 15.0. The van der Waals surface area contributed by atoms with E-state index in [1.807, 2.05) is 19.1 Å². The van der Waals surface area contributed by atoms with Gasteiger partial charge in [-0.25, -0.2) is 4.98 Å². The summed E-state index contributed by atoms with van der Waals surface area (Å²) in [5.41, 5.74) is 8.34. The normalized spacial score (nSPS) is 10.3. The molecule has 0 unspecified atom stereocenters. The van der Waals surface area contributed by atoms with Gasteiger partial charge in [0.1, 0.15) is 5.15 Å². The Morgan fingerprint density at radius 2 is 1.95 bits per heavy atom. The Hall–Kier alpha value is -1.78. The number of carbonyl (C=O) groups is 1. The van der Waals surface area contributed by atoms with Gasteiger partial charge in [0.25, 0.3) is 0 Å². The van der Waals surface area contributed by atoms with E-state index < -0.39 is 5.91 Å². The lowest BCUT2D eigenvalue weighted by Gasteiger charge is -2.11. The number of nitrogens with one attached hydrogen (secondary N) is 1. The maximum Gasteiger partial charge on any atom is 0.248 e. The van der Waals surface area contributed by atoms with Gasteiger partial charge in [0, 0.05) is 12.1 Å². The molecular weight excluding hydrogens is 297 g/mol. The number of nitrogens with two attached hydrogens (primary N) is 1. The lowest BCUT2D eigenvalue weighted by atomic mass is 10.1. The number of amides is 1. The zero-order valence-electron chi connectivity index (χ0n) is 10.8. The molecule has 0 saturated heterocycles. The minimum Gasteiger partial charge on any atom is -0.378 e. The number of benzene rings is 1. The third-order valence-electron chi connectivity index (χ3n) is 2.85. The van der Waals surface area contributed by atoms with Gasteiger partial charge in [0.15, 0.2) is 5.15 Å². The average molecular weight is 310 g/mol. The van der Waals surface area contributed by atoms with E-state index in [4.69, 9.17) is 28.9 Å². The summed E-state index contributed by atoms with van der Waals surface area (Å²) >= 11 is 11.9. The zero-order valence-corrected chi connectivity index (χ0v) is 12.3. The van der Waals surface area contributed by atoms with Crippen LogP contribution in [0, 0.1) is 6.92 Å². The van der Waals surface area contributed by atoms with Crippen molar-refractivity contribution >= 4 is 34.8 Å². The summed E-state index contributed by atoms with van der Waals surface area (Å²) in [6, 6.07) is 8.78. The molecule has 3 N–H and O–H groups in total. The predicted octanol–water partition coefficient (Wildman–Crippen LogP) is 3.41. The first-order chi connectivity index (χ1) is 9.47. The molecule has 0 fully saturated rings. The molecule has 1 amide bonds. The van der Waals surface area contributed by atoms with Crippen molar-refractivity contribution in [3.8, 4) is 0 Å². The molecule has 0 aliphatic rings. The topological polar surface area (TPSA) is 68.0 Å². The third-order valence-corrected chi connectivity index (χ3v) is 3.32. The second-order valence-electron chi connectivity index (χ2n) is 4.34. The van der Waals surface area contributed by atoms with E-state index in [1.165, 1.54) is 0 Å². The molecule has 0 bridgehead atoms. The van der Waals surface area contributed by atoms with Crippen molar-refractivity contribution in [1.29, 1.82) is 0 Å². The number of aromatic nitrogens is 1. The highest BCUT2D eigenvalue weighted by atomic mass is 35.5. The summed E-state index contributed by atoms with van der Waals surface area (Å²) in [6.45, 7) is 2.46. The summed E-state index contributed by atoms with van der Waals surface area (Å²) in [6.07, 6.45) is 0. The Balaban J connectivity index is 2.11. The van der Waals surface area contributed by atoms with Crippen molar-refractivity contribution in [1.82, 2.24) is 4.98 Å². The molecule has 2 aromatic rings. The molecule has 0 spiro atoms. The van der Waals surface area contributed by atoms with Crippen LogP contribution in [-0.4, -0.2) is 10.9 Å². The van der Waals surface area contributed by atoms with Crippen LogP contribution in [0.4, 0.5) is 5.69 Å². The molecule has 0 radical (unpaired) electrons. The van der Waals surface area contributed by atoms with E-state index in [0.29, 0.717) is 22.4 Å². The minimum absolute atomic E-state index is 0.337. The van der Waals surface area contributed by atoms with Gasteiger partial charge in [0.05, 0.1) is 5.69 Å². The zero-order chi connectivity index (χ0) is 14.7. The van der Waals surface area contributed by atoms with Crippen molar-refractivity contribution in [2.75, 3.05) is 5.32 Å². The monoisotopic (exact) mass is 309 g/mol. The lowest BCUT2D eigenvalue weighted by Crippen LogP contribution is -2.11. The minimum atomic E-state index is -0.440. The smallest absolute Gasteiger partial charge is 0.248 e.